The zero-order valence-corrected chi connectivity index (χ0v) is 33.7. The minimum atomic E-state index is -4.53. The van der Waals surface area contributed by atoms with Gasteiger partial charge in [-0.05, 0) is 77.0 Å². The second kappa shape index (κ2) is 38.9. The van der Waals surface area contributed by atoms with Crippen LogP contribution >= 0.6 is 7.82 Å². The number of carbonyl (C=O) groups excluding carboxylic acids is 1. The van der Waals surface area contributed by atoms with Gasteiger partial charge in [0.05, 0.1) is 26.4 Å². The highest BCUT2D eigenvalue weighted by Crippen LogP contribution is 2.43. The number of esters is 1. The van der Waals surface area contributed by atoms with Crippen molar-refractivity contribution >= 4 is 13.8 Å². The maximum atomic E-state index is 12.6. The van der Waals surface area contributed by atoms with Crippen molar-refractivity contribution in [3.63, 3.8) is 0 Å². The predicted molar refractivity (Wildman–Crippen MR) is 214 cm³/mol. The van der Waals surface area contributed by atoms with Crippen molar-refractivity contribution in [2.24, 2.45) is 0 Å². The normalized spacial score (nSPS) is 14.8. The number of allylic oxidation sites excluding steroid dienone is 10. The highest BCUT2D eigenvalue weighted by molar-refractivity contribution is 7.47. The van der Waals surface area contributed by atoms with E-state index in [1.54, 1.807) is 0 Å². The molecular weight excluding hydrogens is 679 g/mol. The van der Waals surface area contributed by atoms with E-state index in [2.05, 4.69) is 74.6 Å². The number of phosphoric acid groups is 1. The highest BCUT2D eigenvalue weighted by atomic mass is 31.2. The summed E-state index contributed by atoms with van der Waals surface area (Å²) in [5.41, 5.74) is 0. The van der Waals surface area contributed by atoms with E-state index >= 15 is 0 Å². The van der Waals surface area contributed by atoms with Gasteiger partial charge >= 0.3 is 13.8 Å². The summed E-state index contributed by atoms with van der Waals surface area (Å²) in [5, 5.41) is 18.3. The molecule has 0 rings (SSSR count). The van der Waals surface area contributed by atoms with Crippen LogP contribution in [0.3, 0.4) is 0 Å². The third-order valence-corrected chi connectivity index (χ3v) is 9.14. The van der Waals surface area contributed by atoms with Gasteiger partial charge in [-0.1, -0.05) is 132 Å². The van der Waals surface area contributed by atoms with Crippen LogP contribution in [0.5, 0.6) is 0 Å². The zero-order valence-electron chi connectivity index (χ0n) is 32.8. The Labute approximate surface area is 317 Å². The first-order chi connectivity index (χ1) is 25.3. The molecule has 0 aliphatic carbocycles. The van der Waals surface area contributed by atoms with E-state index in [0.29, 0.717) is 13.0 Å². The molecule has 0 aromatic carbocycles. The van der Waals surface area contributed by atoms with Gasteiger partial charge in [0.15, 0.2) is 0 Å². The molecule has 0 amide bonds. The van der Waals surface area contributed by atoms with Crippen molar-refractivity contribution < 1.29 is 43.0 Å². The lowest BCUT2D eigenvalue weighted by Crippen LogP contribution is -2.29. The summed E-state index contributed by atoms with van der Waals surface area (Å²) < 4.78 is 33.2. The molecule has 0 aliphatic heterocycles. The summed E-state index contributed by atoms with van der Waals surface area (Å²) in [4.78, 5) is 22.5. The fourth-order valence-corrected chi connectivity index (χ4v) is 5.89. The summed E-state index contributed by atoms with van der Waals surface area (Å²) >= 11 is 0. The maximum absolute atomic E-state index is 12.6. The van der Waals surface area contributed by atoms with Crippen molar-refractivity contribution in [2.45, 2.75) is 167 Å². The first-order valence-electron chi connectivity index (χ1n) is 20.3. The zero-order chi connectivity index (χ0) is 38.2. The van der Waals surface area contributed by atoms with Crippen LogP contribution in [0.1, 0.15) is 155 Å². The molecule has 0 saturated heterocycles. The molecule has 9 nitrogen and oxygen atoms in total. The lowest BCUT2D eigenvalue weighted by atomic mass is 10.1. The van der Waals surface area contributed by atoms with E-state index in [9.17, 15) is 19.4 Å². The lowest BCUT2D eigenvalue weighted by molar-refractivity contribution is -0.154. The Morgan fingerprint density at radius 2 is 1.10 bits per heavy atom. The molecule has 0 bridgehead atoms. The van der Waals surface area contributed by atoms with E-state index in [1.165, 1.54) is 64.2 Å². The van der Waals surface area contributed by atoms with Gasteiger partial charge in [0.2, 0.25) is 0 Å². The molecule has 52 heavy (non-hydrogen) atoms. The molecule has 0 aromatic heterocycles. The van der Waals surface area contributed by atoms with Crippen molar-refractivity contribution in [2.75, 3.05) is 33.0 Å². The third kappa shape index (κ3) is 37.9. The molecule has 302 valence electrons. The van der Waals surface area contributed by atoms with E-state index < -0.39 is 45.8 Å². The molecule has 0 spiro atoms. The Bertz CT molecular complexity index is 992. The van der Waals surface area contributed by atoms with Crippen LogP contribution in [0.25, 0.3) is 0 Å². The molecule has 10 heteroatoms. The molecule has 3 unspecified atom stereocenters. The van der Waals surface area contributed by atoms with Crippen LogP contribution in [-0.2, 0) is 27.9 Å². The lowest BCUT2D eigenvalue weighted by Gasteiger charge is -2.20. The summed E-state index contributed by atoms with van der Waals surface area (Å²) in [6, 6.07) is 0. The number of phosphoric ester groups is 1. The number of carbonyl (C=O) groups is 1. The fraction of sp³-hybridized carbons (Fsp3) is 0.738. The number of rotatable bonds is 38. The Balaban J connectivity index is 4.30. The predicted octanol–water partition coefficient (Wildman–Crippen LogP) is 10.8. The highest BCUT2D eigenvalue weighted by Gasteiger charge is 2.26. The average Bonchev–Trinajstić information content (AvgIpc) is 3.13. The summed E-state index contributed by atoms with van der Waals surface area (Å²) in [5.74, 6) is -0.427. The molecule has 0 saturated carbocycles. The monoisotopic (exact) mass is 755 g/mol. The SMILES string of the molecule is CC/C=C\C/C=C\C/C=C\C/C=C\CCCCC(=O)OC(COCCCCCCCC/C=C\CCCCCCCC)COP(=O)(O)OCC(O)CO. The van der Waals surface area contributed by atoms with Gasteiger partial charge in [-0.15, -0.1) is 0 Å². The van der Waals surface area contributed by atoms with Crippen molar-refractivity contribution in [3.05, 3.63) is 60.8 Å². The molecule has 0 radical (unpaired) electrons. The number of ether oxygens (including phenoxy) is 2. The Morgan fingerprint density at radius 3 is 1.67 bits per heavy atom. The number of aliphatic hydroxyl groups excluding tert-OH is 2. The molecule has 3 atom stereocenters. The first-order valence-corrected chi connectivity index (χ1v) is 21.8. The third-order valence-electron chi connectivity index (χ3n) is 8.19. The second-order valence-corrected chi connectivity index (χ2v) is 14.7. The van der Waals surface area contributed by atoms with Gasteiger partial charge in [0, 0.05) is 13.0 Å². The van der Waals surface area contributed by atoms with Crippen molar-refractivity contribution in [1.29, 1.82) is 0 Å². The fourth-order valence-electron chi connectivity index (χ4n) is 5.10. The van der Waals surface area contributed by atoms with Crippen LogP contribution in [0, 0.1) is 0 Å². The summed E-state index contributed by atoms with van der Waals surface area (Å²) in [6.07, 6.45) is 43.2. The molecule has 0 aromatic rings. The largest absolute Gasteiger partial charge is 0.472 e. The Morgan fingerprint density at radius 1 is 0.615 bits per heavy atom. The van der Waals surface area contributed by atoms with Crippen molar-refractivity contribution in [3.8, 4) is 0 Å². The Kier molecular flexibility index (Phi) is 37.5. The molecule has 3 N–H and O–H groups in total. The number of aliphatic hydroxyl groups is 2. The maximum Gasteiger partial charge on any atom is 0.472 e. The second-order valence-electron chi connectivity index (χ2n) is 13.3. The summed E-state index contributed by atoms with van der Waals surface area (Å²) in [6.45, 7) is 3.31. The van der Waals surface area contributed by atoms with Crippen molar-refractivity contribution in [1.82, 2.24) is 0 Å². The van der Waals surface area contributed by atoms with Crippen LogP contribution < -0.4 is 0 Å². The molecule has 0 aliphatic rings. The standard InChI is InChI=1S/C42H75O9P/c1-3-5-7-9-11-13-15-17-19-21-23-25-27-29-31-33-35-48-38-41(39-50-52(46,47)49-37-40(44)36-43)51-42(45)34-32-30-28-26-24-22-20-18-16-14-12-10-8-6-4-2/h6,8,12,14,17-20,24,26,40-41,43-44H,3-5,7,9-11,13,15-16,21-23,25,27-39H2,1-2H3,(H,46,47)/b8-6-,14-12-,19-17-,20-18-,26-24-. The van der Waals surface area contributed by atoms with Crippen LogP contribution in [0.4, 0.5) is 0 Å². The number of unbranched alkanes of at least 4 members (excludes halogenated alkanes) is 14. The van der Waals surface area contributed by atoms with Crippen LogP contribution in [0.15, 0.2) is 60.8 Å². The molecular formula is C42H75O9P. The topological polar surface area (TPSA) is 132 Å². The van der Waals surface area contributed by atoms with E-state index in [1.807, 2.05) is 0 Å². The van der Waals surface area contributed by atoms with Gasteiger partial charge in [0.1, 0.15) is 12.2 Å². The average molecular weight is 755 g/mol. The smallest absolute Gasteiger partial charge is 0.457 e. The van der Waals surface area contributed by atoms with Gasteiger partial charge < -0.3 is 24.6 Å². The minimum absolute atomic E-state index is 0.0258. The van der Waals surface area contributed by atoms with E-state index in [4.69, 9.17) is 23.6 Å². The van der Waals surface area contributed by atoms with Crippen LogP contribution in [0.2, 0.25) is 0 Å². The molecule has 0 heterocycles. The minimum Gasteiger partial charge on any atom is -0.457 e. The summed E-state index contributed by atoms with van der Waals surface area (Å²) in [7, 11) is -4.53. The number of hydrogen-bond acceptors (Lipinski definition) is 8. The number of hydrogen-bond donors (Lipinski definition) is 3. The van der Waals surface area contributed by atoms with Gasteiger partial charge in [-0.3, -0.25) is 13.8 Å². The van der Waals surface area contributed by atoms with E-state index in [0.717, 1.165) is 64.2 Å². The molecule has 0 fully saturated rings. The van der Waals surface area contributed by atoms with Gasteiger partial charge in [-0.2, -0.15) is 0 Å². The van der Waals surface area contributed by atoms with Gasteiger partial charge in [-0.25, -0.2) is 4.57 Å². The quantitative estimate of drug-likeness (QED) is 0.0244. The van der Waals surface area contributed by atoms with E-state index in [-0.39, 0.29) is 13.0 Å². The van der Waals surface area contributed by atoms with Crippen LogP contribution in [-0.4, -0.2) is 66.3 Å². The Hall–Kier alpha value is -1.84. The van der Waals surface area contributed by atoms with Gasteiger partial charge in [0.25, 0.3) is 0 Å². The first kappa shape index (κ1) is 50.2.